The lowest BCUT2D eigenvalue weighted by Gasteiger charge is -2.16. The minimum atomic E-state index is -4.63. The third kappa shape index (κ3) is 3.36. The van der Waals surface area contributed by atoms with Crippen molar-refractivity contribution in [1.82, 2.24) is 0 Å². The van der Waals surface area contributed by atoms with Crippen LogP contribution in [0, 0.1) is 0 Å². The number of nitrogens with one attached hydrogen (secondary N) is 1. The molecule has 0 radical (unpaired) electrons. The van der Waals surface area contributed by atoms with Crippen molar-refractivity contribution in [3.8, 4) is 0 Å². The first-order valence-electron chi connectivity index (χ1n) is 8.69. The number of aliphatic carboxylic acids is 1. The molecule has 0 saturated heterocycles. The Morgan fingerprint density at radius 3 is 2.40 bits per heavy atom. The van der Waals surface area contributed by atoms with Gasteiger partial charge in [0, 0.05) is 10.9 Å². The van der Waals surface area contributed by atoms with Gasteiger partial charge >= 0.3 is 5.97 Å². The number of benzene rings is 3. The summed E-state index contributed by atoms with van der Waals surface area (Å²) in [5.74, 6) is -2.21. The molecule has 3 aromatic carbocycles. The number of ketones is 1. The number of carbonyl (C=O) groups is 2. The van der Waals surface area contributed by atoms with E-state index >= 15 is 0 Å². The van der Waals surface area contributed by atoms with Gasteiger partial charge in [-0.05, 0) is 23.1 Å². The zero-order valence-corrected chi connectivity index (χ0v) is 16.1. The summed E-state index contributed by atoms with van der Waals surface area (Å²) in [6.45, 7) is 0. The summed E-state index contributed by atoms with van der Waals surface area (Å²) in [6.07, 6.45) is 1.26. The molecule has 0 aliphatic heterocycles. The van der Waals surface area contributed by atoms with Gasteiger partial charge in [0.2, 0.25) is 5.78 Å². The highest BCUT2D eigenvalue weighted by atomic mass is 32.2. The van der Waals surface area contributed by atoms with E-state index in [0.29, 0.717) is 16.5 Å². The number of hydrogen-bond acceptors (Lipinski definition) is 6. The molecule has 9 heteroatoms. The summed E-state index contributed by atoms with van der Waals surface area (Å²) < 4.78 is 33.8. The number of Topliss-reactive ketones (excluding diaryl/α,β-unsaturated/α-hetero) is 1. The van der Waals surface area contributed by atoms with Crippen molar-refractivity contribution in [1.29, 1.82) is 0 Å². The minimum Gasteiger partial charge on any atom is -0.478 e. The second kappa shape index (κ2) is 7.21. The molecule has 0 spiro atoms. The van der Waals surface area contributed by atoms with Gasteiger partial charge in [-0.2, -0.15) is 13.5 Å². The Morgan fingerprint density at radius 1 is 0.967 bits per heavy atom. The van der Waals surface area contributed by atoms with Crippen LogP contribution < -0.4 is 5.43 Å². The van der Waals surface area contributed by atoms with E-state index in [1.165, 1.54) is 18.2 Å². The fraction of sp³-hybridized carbons (Fsp3) is 0. The smallest absolute Gasteiger partial charge is 0.339 e. The molecule has 1 aliphatic carbocycles. The molecule has 8 nitrogen and oxygen atoms in total. The van der Waals surface area contributed by atoms with Crippen molar-refractivity contribution in [3.63, 3.8) is 0 Å². The number of carbonyl (C=O) groups excluding carboxylic acids is 1. The molecular formula is C21H14N2O6S. The largest absolute Gasteiger partial charge is 0.478 e. The highest BCUT2D eigenvalue weighted by Gasteiger charge is 2.30. The second-order valence-corrected chi connectivity index (χ2v) is 7.85. The van der Waals surface area contributed by atoms with E-state index < -0.39 is 32.3 Å². The molecule has 0 saturated carbocycles. The Morgan fingerprint density at radius 2 is 1.67 bits per heavy atom. The monoisotopic (exact) mass is 422 g/mol. The summed E-state index contributed by atoms with van der Waals surface area (Å²) in [5, 5.41) is 14.2. The van der Waals surface area contributed by atoms with Gasteiger partial charge in [-0.15, -0.1) is 0 Å². The number of nitrogens with zero attached hydrogens (tertiary/aromatic N) is 1. The van der Waals surface area contributed by atoms with Gasteiger partial charge in [0.05, 0.1) is 5.69 Å². The first-order chi connectivity index (χ1) is 14.3. The highest BCUT2D eigenvalue weighted by Crippen LogP contribution is 2.31. The van der Waals surface area contributed by atoms with Crippen LogP contribution in [0.5, 0.6) is 0 Å². The van der Waals surface area contributed by atoms with Crippen LogP contribution in [0.25, 0.3) is 16.8 Å². The van der Waals surface area contributed by atoms with Gasteiger partial charge in [-0.3, -0.25) is 14.8 Å². The second-order valence-electron chi connectivity index (χ2n) is 6.49. The third-order valence-corrected chi connectivity index (χ3v) is 5.59. The number of carboxylic acid groups (broad SMARTS) is 1. The molecule has 0 fully saturated rings. The van der Waals surface area contributed by atoms with E-state index in [2.05, 4.69) is 10.5 Å². The molecule has 0 aromatic heterocycles. The molecule has 3 N–H and O–H groups in total. The van der Waals surface area contributed by atoms with Crippen LogP contribution in [-0.4, -0.2) is 35.5 Å². The van der Waals surface area contributed by atoms with E-state index in [1.54, 1.807) is 48.5 Å². The molecule has 0 atom stereocenters. The molecular weight excluding hydrogens is 408 g/mol. The lowest BCUT2D eigenvalue weighted by atomic mass is 9.89. The average Bonchev–Trinajstić information content (AvgIpc) is 2.71. The highest BCUT2D eigenvalue weighted by molar-refractivity contribution is 7.86. The minimum absolute atomic E-state index is 0.0552. The number of anilines is 1. The first kappa shape index (κ1) is 19.5. The van der Waals surface area contributed by atoms with Crippen molar-refractivity contribution in [2.75, 3.05) is 5.43 Å². The SMILES string of the molecule is O=C(O)C1=Cc2ccccc2/C(=N\Nc2ccc3ccccc3c2S(=O)(=O)O)C1=O. The standard InChI is InChI=1S/C21H14N2O6S/c24-19-16(21(25)26)11-13-6-2-3-7-14(13)18(19)23-22-17-10-9-12-5-1-4-8-15(12)20(17)30(27,28)29/h1-11,22H,(H,25,26)(H,27,28,29)/b23-18+. The van der Waals surface area contributed by atoms with E-state index in [9.17, 15) is 27.7 Å². The van der Waals surface area contributed by atoms with E-state index in [-0.39, 0.29) is 16.8 Å². The van der Waals surface area contributed by atoms with Crippen LogP contribution in [-0.2, 0) is 19.7 Å². The topological polar surface area (TPSA) is 133 Å². The number of hydrogen-bond donors (Lipinski definition) is 3. The zero-order valence-electron chi connectivity index (χ0n) is 15.2. The Bertz CT molecular complexity index is 1390. The van der Waals surface area contributed by atoms with Gasteiger partial charge in [0.25, 0.3) is 10.1 Å². The van der Waals surface area contributed by atoms with E-state index in [4.69, 9.17) is 0 Å². The molecule has 0 unspecified atom stereocenters. The average molecular weight is 422 g/mol. The molecule has 30 heavy (non-hydrogen) atoms. The quantitative estimate of drug-likeness (QED) is 0.334. The maximum atomic E-state index is 12.7. The Kier molecular flexibility index (Phi) is 4.69. The van der Waals surface area contributed by atoms with Gasteiger partial charge in [0.1, 0.15) is 16.2 Å². The predicted octanol–water partition coefficient (Wildman–Crippen LogP) is 2.95. The summed E-state index contributed by atoms with van der Waals surface area (Å²) in [4.78, 5) is 23.7. The van der Waals surface area contributed by atoms with Crippen LogP contribution in [0.2, 0.25) is 0 Å². The van der Waals surface area contributed by atoms with Crippen LogP contribution in [0.4, 0.5) is 5.69 Å². The van der Waals surface area contributed by atoms with Crippen molar-refractivity contribution < 1.29 is 27.7 Å². The fourth-order valence-corrected chi connectivity index (χ4v) is 4.16. The van der Waals surface area contributed by atoms with Crippen LogP contribution in [0.3, 0.4) is 0 Å². The van der Waals surface area contributed by atoms with Crippen molar-refractivity contribution in [2.24, 2.45) is 5.10 Å². The first-order valence-corrected chi connectivity index (χ1v) is 10.1. The molecule has 0 bridgehead atoms. The Hall–Kier alpha value is -3.82. The van der Waals surface area contributed by atoms with Crippen LogP contribution in [0.15, 0.2) is 76.2 Å². The van der Waals surface area contributed by atoms with Gasteiger partial charge in [-0.25, -0.2) is 4.79 Å². The normalized spacial score (nSPS) is 15.0. The van der Waals surface area contributed by atoms with E-state index in [0.717, 1.165) is 0 Å². The molecule has 1 aliphatic rings. The molecule has 0 heterocycles. The Balaban J connectivity index is 1.87. The number of rotatable bonds is 4. The lowest BCUT2D eigenvalue weighted by molar-refractivity contribution is -0.133. The number of carboxylic acids is 1. The zero-order chi connectivity index (χ0) is 21.5. The Labute approximate surface area is 170 Å². The van der Waals surface area contributed by atoms with Crippen molar-refractivity contribution in [3.05, 3.63) is 77.4 Å². The predicted molar refractivity (Wildman–Crippen MR) is 111 cm³/mol. The van der Waals surface area contributed by atoms with E-state index in [1.807, 2.05) is 0 Å². The number of fused-ring (bicyclic) bond motifs is 2. The molecule has 3 aromatic rings. The van der Waals surface area contributed by atoms with Gasteiger partial charge in [-0.1, -0.05) is 54.6 Å². The van der Waals surface area contributed by atoms with Gasteiger partial charge < -0.3 is 5.11 Å². The summed E-state index contributed by atoms with van der Waals surface area (Å²) in [5.41, 5.74) is 2.72. The molecule has 0 amide bonds. The fourth-order valence-electron chi connectivity index (χ4n) is 3.30. The van der Waals surface area contributed by atoms with Crippen LogP contribution >= 0.6 is 0 Å². The summed E-state index contributed by atoms with van der Waals surface area (Å²) in [6, 6.07) is 16.2. The molecule has 4 rings (SSSR count). The summed E-state index contributed by atoms with van der Waals surface area (Å²) in [7, 11) is -4.63. The van der Waals surface area contributed by atoms with Crippen molar-refractivity contribution in [2.45, 2.75) is 4.90 Å². The summed E-state index contributed by atoms with van der Waals surface area (Å²) >= 11 is 0. The maximum absolute atomic E-state index is 12.7. The van der Waals surface area contributed by atoms with Crippen molar-refractivity contribution >= 4 is 50.1 Å². The van der Waals surface area contributed by atoms with Gasteiger partial charge in [0.15, 0.2) is 0 Å². The van der Waals surface area contributed by atoms with Crippen LogP contribution in [0.1, 0.15) is 11.1 Å². The molecule has 150 valence electrons. The maximum Gasteiger partial charge on any atom is 0.339 e. The lowest BCUT2D eigenvalue weighted by Crippen LogP contribution is -2.27. The third-order valence-electron chi connectivity index (χ3n) is 4.63. The number of hydrazone groups is 1.